The highest BCUT2D eigenvalue weighted by Crippen LogP contribution is 2.25. The molecule has 2 amide bonds. The summed E-state index contributed by atoms with van der Waals surface area (Å²) in [6.45, 7) is 4.21. The first-order valence-corrected chi connectivity index (χ1v) is 8.44. The second-order valence-corrected chi connectivity index (χ2v) is 5.78. The van der Waals surface area contributed by atoms with Gasteiger partial charge in [0.2, 0.25) is 11.8 Å². The van der Waals surface area contributed by atoms with E-state index in [1.807, 2.05) is 6.92 Å². The molecule has 1 N–H and O–H groups in total. The number of hydrogen-bond acceptors (Lipinski definition) is 3. The molecule has 0 aromatic heterocycles. The minimum absolute atomic E-state index is 0.165. The van der Waals surface area contributed by atoms with Gasteiger partial charge in [0.05, 0.1) is 17.3 Å². The first kappa shape index (κ1) is 18.8. The minimum Gasteiger partial charge on any atom is -0.494 e. The maximum atomic E-state index is 12.2. The van der Waals surface area contributed by atoms with Crippen LogP contribution in [0.3, 0.4) is 0 Å². The fraction of sp³-hybridized carbons (Fsp3) is 0.263. The van der Waals surface area contributed by atoms with Crippen molar-refractivity contribution in [3.05, 3.63) is 53.6 Å². The predicted molar refractivity (Wildman–Crippen MR) is 100 cm³/mol. The van der Waals surface area contributed by atoms with Gasteiger partial charge < -0.3 is 15.0 Å². The summed E-state index contributed by atoms with van der Waals surface area (Å²) in [6.07, 6.45) is 0.165. The number of anilines is 2. The van der Waals surface area contributed by atoms with Crippen LogP contribution in [0.15, 0.2) is 48.5 Å². The Kier molecular flexibility index (Phi) is 6.83. The molecule has 0 atom stereocenters. The lowest BCUT2D eigenvalue weighted by molar-refractivity contribution is -0.117. The number of halogens is 1. The van der Waals surface area contributed by atoms with E-state index in [0.717, 1.165) is 5.75 Å². The van der Waals surface area contributed by atoms with Crippen molar-refractivity contribution in [2.75, 3.05) is 23.4 Å². The summed E-state index contributed by atoms with van der Waals surface area (Å²) in [6, 6.07) is 14.2. The summed E-state index contributed by atoms with van der Waals surface area (Å²) in [5, 5.41) is 3.28. The third kappa shape index (κ3) is 5.50. The molecule has 132 valence electrons. The summed E-state index contributed by atoms with van der Waals surface area (Å²) in [5.41, 5.74) is 1.28. The van der Waals surface area contributed by atoms with E-state index in [4.69, 9.17) is 16.3 Å². The molecule has 0 saturated carbocycles. The molecule has 0 radical (unpaired) electrons. The first-order chi connectivity index (χ1) is 12.0. The van der Waals surface area contributed by atoms with Crippen molar-refractivity contribution >= 4 is 34.8 Å². The Bertz CT molecular complexity index is 732. The van der Waals surface area contributed by atoms with Crippen molar-refractivity contribution in [1.82, 2.24) is 0 Å². The molecule has 25 heavy (non-hydrogen) atoms. The quantitative estimate of drug-likeness (QED) is 0.808. The van der Waals surface area contributed by atoms with Gasteiger partial charge in [-0.05, 0) is 43.3 Å². The van der Waals surface area contributed by atoms with Gasteiger partial charge in [-0.3, -0.25) is 9.59 Å². The van der Waals surface area contributed by atoms with Crippen LogP contribution in [-0.4, -0.2) is 25.0 Å². The van der Waals surface area contributed by atoms with Crippen LogP contribution in [0.1, 0.15) is 20.3 Å². The Hall–Kier alpha value is -2.53. The lowest BCUT2D eigenvalue weighted by atomic mass is 10.2. The summed E-state index contributed by atoms with van der Waals surface area (Å²) >= 11 is 6.14. The summed E-state index contributed by atoms with van der Waals surface area (Å²) in [7, 11) is 0. The second kappa shape index (κ2) is 9.08. The van der Waals surface area contributed by atoms with E-state index in [0.29, 0.717) is 23.0 Å². The number of benzene rings is 2. The third-order valence-corrected chi connectivity index (χ3v) is 3.85. The Morgan fingerprint density at radius 3 is 2.40 bits per heavy atom. The van der Waals surface area contributed by atoms with Crippen molar-refractivity contribution in [2.45, 2.75) is 20.3 Å². The van der Waals surface area contributed by atoms with Crippen LogP contribution in [0.5, 0.6) is 5.75 Å². The van der Waals surface area contributed by atoms with E-state index in [1.54, 1.807) is 48.5 Å². The van der Waals surface area contributed by atoms with Crippen molar-refractivity contribution in [3.63, 3.8) is 0 Å². The average Bonchev–Trinajstić information content (AvgIpc) is 2.58. The monoisotopic (exact) mass is 360 g/mol. The van der Waals surface area contributed by atoms with E-state index >= 15 is 0 Å². The highest BCUT2D eigenvalue weighted by Gasteiger charge is 2.15. The number of hydrogen-bond donors (Lipinski definition) is 1. The van der Waals surface area contributed by atoms with E-state index in [-0.39, 0.29) is 24.8 Å². The number of ether oxygens (including phenoxy) is 1. The first-order valence-electron chi connectivity index (χ1n) is 8.06. The normalized spacial score (nSPS) is 10.2. The van der Waals surface area contributed by atoms with Crippen LogP contribution < -0.4 is 15.0 Å². The zero-order chi connectivity index (χ0) is 18.2. The lowest BCUT2D eigenvalue weighted by Gasteiger charge is -2.22. The van der Waals surface area contributed by atoms with E-state index < -0.39 is 0 Å². The summed E-state index contributed by atoms with van der Waals surface area (Å²) in [4.78, 5) is 25.5. The summed E-state index contributed by atoms with van der Waals surface area (Å²) < 4.78 is 5.36. The van der Waals surface area contributed by atoms with Gasteiger partial charge >= 0.3 is 0 Å². The number of nitrogens with one attached hydrogen (secondary N) is 1. The van der Waals surface area contributed by atoms with Gasteiger partial charge in [0, 0.05) is 25.6 Å². The molecule has 2 aromatic rings. The van der Waals surface area contributed by atoms with Crippen molar-refractivity contribution in [1.29, 1.82) is 0 Å². The molecule has 6 heteroatoms. The maximum absolute atomic E-state index is 12.2. The molecule has 2 rings (SSSR count). The molecule has 5 nitrogen and oxygen atoms in total. The zero-order valence-electron chi connectivity index (χ0n) is 14.3. The van der Waals surface area contributed by atoms with Crippen LogP contribution in [-0.2, 0) is 9.59 Å². The standard InChI is InChI=1S/C19H21ClN2O3/c1-3-25-16-10-8-15(9-11-16)21-19(24)12-13-22(14(2)23)18-7-5-4-6-17(18)20/h4-11H,3,12-13H2,1-2H3,(H,21,24). The van der Waals surface area contributed by atoms with Gasteiger partial charge in [-0.1, -0.05) is 23.7 Å². The molecule has 0 fully saturated rings. The van der Waals surface area contributed by atoms with Crippen LogP contribution >= 0.6 is 11.6 Å². The molecule has 0 bridgehead atoms. The molecule has 2 aromatic carbocycles. The molecule has 0 saturated heterocycles. The summed E-state index contributed by atoms with van der Waals surface area (Å²) in [5.74, 6) is 0.409. The van der Waals surface area contributed by atoms with Gasteiger partial charge in [-0.2, -0.15) is 0 Å². The second-order valence-electron chi connectivity index (χ2n) is 5.38. The van der Waals surface area contributed by atoms with E-state index in [2.05, 4.69) is 5.32 Å². The fourth-order valence-corrected chi connectivity index (χ4v) is 2.59. The van der Waals surface area contributed by atoms with Gasteiger partial charge in [-0.25, -0.2) is 0 Å². The average molecular weight is 361 g/mol. The molecule has 0 aliphatic rings. The van der Waals surface area contributed by atoms with Crippen LogP contribution in [0, 0.1) is 0 Å². The highest BCUT2D eigenvalue weighted by atomic mass is 35.5. The van der Waals surface area contributed by atoms with Crippen molar-refractivity contribution in [3.8, 4) is 5.75 Å². The molecule has 0 heterocycles. The predicted octanol–water partition coefficient (Wildman–Crippen LogP) is 4.12. The number of para-hydroxylation sites is 1. The number of amides is 2. The number of nitrogens with zero attached hydrogens (tertiary/aromatic N) is 1. The van der Waals surface area contributed by atoms with Crippen LogP contribution in [0.4, 0.5) is 11.4 Å². The zero-order valence-corrected chi connectivity index (χ0v) is 15.0. The van der Waals surface area contributed by atoms with E-state index in [9.17, 15) is 9.59 Å². The fourth-order valence-electron chi connectivity index (χ4n) is 2.36. The molecule has 0 aliphatic carbocycles. The van der Waals surface area contributed by atoms with Gasteiger partial charge in [0.1, 0.15) is 5.75 Å². The Morgan fingerprint density at radius 2 is 1.80 bits per heavy atom. The van der Waals surface area contributed by atoms with Crippen LogP contribution in [0.2, 0.25) is 5.02 Å². The number of carbonyl (C=O) groups is 2. The molecular formula is C19H21ClN2O3. The smallest absolute Gasteiger partial charge is 0.226 e. The minimum atomic E-state index is -0.178. The van der Waals surface area contributed by atoms with E-state index in [1.165, 1.54) is 11.8 Å². The third-order valence-electron chi connectivity index (χ3n) is 3.53. The van der Waals surface area contributed by atoms with Crippen LogP contribution in [0.25, 0.3) is 0 Å². The topological polar surface area (TPSA) is 58.6 Å². The molecule has 0 unspecified atom stereocenters. The maximum Gasteiger partial charge on any atom is 0.226 e. The van der Waals surface area contributed by atoms with Crippen molar-refractivity contribution < 1.29 is 14.3 Å². The largest absolute Gasteiger partial charge is 0.494 e. The Labute approximate surface area is 152 Å². The SMILES string of the molecule is CCOc1ccc(NC(=O)CCN(C(C)=O)c2ccccc2Cl)cc1. The molecular weight excluding hydrogens is 340 g/mol. The lowest BCUT2D eigenvalue weighted by Crippen LogP contribution is -2.32. The van der Waals surface area contributed by atoms with Crippen molar-refractivity contribution in [2.24, 2.45) is 0 Å². The Morgan fingerprint density at radius 1 is 1.12 bits per heavy atom. The number of carbonyl (C=O) groups excluding carboxylic acids is 2. The van der Waals surface area contributed by atoms with Gasteiger partial charge in [0.15, 0.2) is 0 Å². The molecule has 0 aliphatic heterocycles. The molecule has 0 spiro atoms. The van der Waals surface area contributed by atoms with Gasteiger partial charge in [-0.15, -0.1) is 0 Å². The van der Waals surface area contributed by atoms with Gasteiger partial charge in [0.25, 0.3) is 0 Å². The number of rotatable bonds is 7. The Balaban J connectivity index is 1.95. The highest BCUT2D eigenvalue weighted by molar-refractivity contribution is 6.33.